The average Bonchev–Trinajstić information content (AvgIpc) is 2.99. The number of halogens is 3. The number of nitrogens with one attached hydrogen (secondary N) is 1. The summed E-state index contributed by atoms with van der Waals surface area (Å²) in [4.78, 5) is 8.24. The maximum absolute atomic E-state index is 12.7. The third kappa shape index (κ3) is 3.55. The number of nitrogens with zero attached hydrogens (tertiary/aromatic N) is 4. The first-order chi connectivity index (χ1) is 11.8. The SMILES string of the molecule is Cc1cc(N[C@@H](c2ccc(C(F)(F)F)cc2)[C@@H](C)O)n2ncnc2n1. The van der Waals surface area contributed by atoms with Crippen molar-refractivity contribution in [2.75, 3.05) is 5.32 Å². The van der Waals surface area contributed by atoms with Crippen molar-refractivity contribution >= 4 is 11.6 Å². The zero-order valence-corrected chi connectivity index (χ0v) is 13.5. The summed E-state index contributed by atoms with van der Waals surface area (Å²) >= 11 is 0. The Morgan fingerprint density at radius 2 is 1.88 bits per heavy atom. The van der Waals surface area contributed by atoms with Crippen molar-refractivity contribution in [3.05, 3.63) is 53.5 Å². The highest BCUT2D eigenvalue weighted by atomic mass is 19.4. The second kappa shape index (κ2) is 6.32. The Kier molecular flexibility index (Phi) is 4.34. The first-order valence-corrected chi connectivity index (χ1v) is 7.55. The molecule has 0 bridgehead atoms. The molecule has 0 saturated heterocycles. The number of aryl methyl sites for hydroxylation is 1. The number of aliphatic hydroxyl groups is 1. The van der Waals surface area contributed by atoms with Gasteiger partial charge in [-0.3, -0.25) is 0 Å². The molecule has 0 unspecified atom stereocenters. The number of hydrogen-bond acceptors (Lipinski definition) is 5. The van der Waals surface area contributed by atoms with Crippen molar-refractivity contribution in [1.29, 1.82) is 0 Å². The van der Waals surface area contributed by atoms with E-state index < -0.39 is 23.9 Å². The first kappa shape index (κ1) is 17.2. The number of fused-ring (bicyclic) bond motifs is 1. The second-order valence-corrected chi connectivity index (χ2v) is 5.74. The van der Waals surface area contributed by atoms with Crippen molar-refractivity contribution < 1.29 is 18.3 Å². The van der Waals surface area contributed by atoms with Crippen molar-refractivity contribution in [1.82, 2.24) is 19.6 Å². The van der Waals surface area contributed by atoms with E-state index in [1.807, 2.05) is 0 Å². The van der Waals surface area contributed by atoms with E-state index in [2.05, 4.69) is 20.4 Å². The van der Waals surface area contributed by atoms with Gasteiger partial charge in [0.05, 0.1) is 17.7 Å². The molecule has 9 heteroatoms. The summed E-state index contributed by atoms with van der Waals surface area (Å²) in [6, 6.07) is 5.78. The molecule has 0 aliphatic rings. The molecule has 0 saturated carbocycles. The molecule has 0 fully saturated rings. The van der Waals surface area contributed by atoms with Crippen LogP contribution in [0.2, 0.25) is 0 Å². The summed E-state index contributed by atoms with van der Waals surface area (Å²) in [6.45, 7) is 3.34. The van der Waals surface area contributed by atoms with E-state index >= 15 is 0 Å². The Morgan fingerprint density at radius 1 is 1.20 bits per heavy atom. The predicted octanol–water partition coefficient (Wildman–Crippen LogP) is 2.99. The highest BCUT2D eigenvalue weighted by Gasteiger charge is 2.30. The zero-order valence-electron chi connectivity index (χ0n) is 13.5. The van der Waals surface area contributed by atoms with Gasteiger partial charge in [0.2, 0.25) is 0 Å². The fourth-order valence-corrected chi connectivity index (χ4v) is 2.55. The van der Waals surface area contributed by atoms with E-state index in [0.717, 1.165) is 12.1 Å². The van der Waals surface area contributed by atoms with Gasteiger partial charge in [0.25, 0.3) is 5.78 Å². The average molecular weight is 351 g/mol. The number of hydrogen-bond donors (Lipinski definition) is 2. The molecule has 25 heavy (non-hydrogen) atoms. The molecule has 0 aliphatic carbocycles. The van der Waals surface area contributed by atoms with Gasteiger partial charge >= 0.3 is 6.18 Å². The Morgan fingerprint density at radius 3 is 2.48 bits per heavy atom. The Balaban J connectivity index is 1.95. The minimum Gasteiger partial charge on any atom is -0.391 e. The first-order valence-electron chi connectivity index (χ1n) is 7.55. The molecular weight excluding hydrogens is 335 g/mol. The molecule has 2 aromatic heterocycles. The van der Waals surface area contributed by atoms with Gasteiger partial charge in [-0.05, 0) is 31.5 Å². The summed E-state index contributed by atoms with van der Waals surface area (Å²) in [5, 5.41) is 17.3. The van der Waals surface area contributed by atoms with E-state index in [1.165, 1.54) is 23.0 Å². The van der Waals surface area contributed by atoms with Gasteiger partial charge in [-0.15, -0.1) is 0 Å². The van der Waals surface area contributed by atoms with Crippen LogP contribution in [-0.4, -0.2) is 30.8 Å². The minimum atomic E-state index is -4.40. The number of benzene rings is 1. The largest absolute Gasteiger partial charge is 0.416 e. The van der Waals surface area contributed by atoms with Gasteiger partial charge in [0, 0.05) is 11.8 Å². The van der Waals surface area contributed by atoms with Crippen LogP contribution < -0.4 is 5.32 Å². The highest BCUT2D eigenvalue weighted by molar-refractivity contribution is 5.47. The zero-order chi connectivity index (χ0) is 18.2. The molecule has 0 radical (unpaired) electrons. The van der Waals surface area contributed by atoms with Gasteiger partial charge in [-0.1, -0.05) is 12.1 Å². The van der Waals surface area contributed by atoms with Crippen LogP contribution in [-0.2, 0) is 6.18 Å². The third-order valence-electron chi connectivity index (χ3n) is 3.76. The van der Waals surface area contributed by atoms with Crippen LogP contribution in [0.1, 0.15) is 29.8 Å². The molecule has 6 nitrogen and oxygen atoms in total. The summed E-state index contributed by atoms with van der Waals surface area (Å²) in [6.07, 6.45) is -3.91. The smallest absolute Gasteiger partial charge is 0.391 e. The van der Waals surface area contributed by atoms with Crippen LogP contribution in [0.5, 0.6) is 0 Å². The number of aromatic nitrogens is 4. The van der Waals surface area contributed by atoms with E-state index in [1.54, 1.807) is 19.9 Å². The van der Waals surface area contributed by atoms with E-state index in [-0.39, 0.29) is 0 Å². The molecule has 2 N–H and O–H groups in total. The number of aliphatic hydroxyl groups excluding tert-OH is 1. The van der Waals surface area contributed by atoms with Crippen LogP contribution in [0.3, 0.4) is 0 Å². The molecule has 1 aromatic carbocycles. The predicted molar refractivity (Wildman–Crippen MR) is 85.0 cm³/mol. The lowest BCUT2D eigenvalue weighted by atomic mass is 10.0. The van der Waals surface area contributed by atoms with E-state index in [9.17, 15) is 18.3 Å². The maximum Gasteiger partial charge on any atom is 0.416 e. The monoisotopic (exact) mass is 351 g/mol. The summed E-state index contributed by atoms with van der Waals surface area (Å²) in [7, 11) is 0. The summed E-state index contributed by atoms with van der Waals surface area (Å²) < 4.78 is 39.6. The number of alkyl halides is 3. The van der Waals surface area contributed by atoms with Crippen molar-refractivity contribution in [2.45, 2.75) is 32.2 Å². The molecule has 2 heterocycles. The molecule has 3 rings (SSSR count). The second-order valence-electron chi connectivity index (χ2n) is 5.74. The fraction of sp³-hybridized carbons (Fsp3) is 0.312. The molecule has 3 aromatic rings. The van der Waals surface area contributed by atoms with Gasteiger partial charge in [0.15, 0.2) is 0 Å². The standard InChI is InChI=1S/C16H16F3N5O/c1-9-7-13(24-15(22-9)20-8-21-24)23-14(10(2)25)11-3-5-12(6-4-11)16(17,18)19/h3-8,10,14,23,25H,1-2H3/t10-,14-/m1/s1. The lowest BCUT2D eigenvalue weighted by Crippen LogP contribution is -2.24. The number of rotatable bonds is 4. The fourth-order valence-electron chi connectivity index (χ4n) is 2.55. The molecule has 0 aliphatic heterocycles. The van der Waals surface area contributed by atoms with Gasteiger partial charge in [0.1, 0.15) is 12.1 Å². The highest BCUT2D eigenvalue weighted by Crippen LogP contribution is 2.31. The van der Waals surface area contributed by atoms with Crippen molar-refractivity contribution in [3.63, 3.8) is 0 Å². The van der Waals surface area contributed by atoms with Crippen LogP contribution in [0.25, 0.3) is 5.78 Å². The van der Waals surface area contributed by atoms with Gasteiger partial charge < -0.3 is 10.4 Å². The van der Waals surface area contributed by atoms with Crippen LogP contribution in [0.4, 0.5) is 19.0 Å². The Labute approximate surface area is 141 Å². The molecule has 0 amide bonds. The topological polar surface area (TPSA) is 75.3 Å². The molecule has 0 spiro atoms. The molecular formula is C16H16F3N5O. The lowest BCUT2D eigenvalue weighted by molar-refractivity contribution is -0.137. The Bertz CT molecular complexity index is 874. The van der Waals surface area contributed by atoms with Crippen LogP contribution in [0, 0.1) is 6.92 Å². The van der Waals surface area contributed by atoms with Crippen molar-refractivity contribution in [3.8, 4) is 0 Å². The number of anilines is 1. The minimum absolute atomic E-state index is 0.388. The van der Waals surface area contributed by atoms with Gasteiger partial charge in [-0.25, -0.2) is 4.98 Å². The summed E-state index contributed by atoms with van der Waals surface area (Å²) in [5.74, 6) is 0.921. The lowest BCUT2D eigenvalue weighted by Gasteiger charge is -2.23. The van der Waals surface area contributed by atoms with Crippen molar-refractivity contribution in [2.24, 2.45) is 0 Å². The van der Waals surface area contributed by atoms with E-state index in [4.69, 9.17) is 0 Å². The molecule has 132 valence electrons. The Hall–Kier alpha value is -2.68. The quantitative estimate of drug-likeness (QED) is 0.756. The third-order valence-corrected chi connectivity index (χ3v) is 3.76. The van der Waals surface area contributed by atoms with Crippen LogP contribution in [0.15, 0.2) is 36.7 Å². The van der Waals surface area contributed by atoms with E-state index in [0.29, 0.717) is 22.9 Å². The molecule has 2 atom stereocenters. The summed E-state index contributed by atoms with van der Waals surface area (Å²) in [5.41, 5.74) is 0.476. The normalized spacial score (nSPS) is 14.5. The maximum atomic E-state index is 12.7. The van der Waals surface area contributed by atoms with Gasteiger partial charge in [-0.2, -0.15) is 27.8 Å². The van der Waals surface area contributed by atoms with Crippen LogP contribution >= 0.6 is 0 Å².